The van der Waals surface area contributed by atoms with Crippen molar-refractivity contribution in [2.45, 2.75) is 252 Å². The number of carbonyl (C=O) groups is 2. The number of hydrogen-bond acceptors (Lipinski definition) is 5. The molecule has 0 heterocycles. The first-order valence-electron chi connectivity index (χ1n) is 22.3. The first-order chi connectivity index (χ1) is 24.3. The van der Waals surface area contributed by atoms with Crippen molar-refractivity contribution in [2.75, 3.05) is 13.2 Å². The van der Waals surface area contributed by atoms with Crippen LogP contribution in [0.4, 0.5) is 0 Å². The molecule has 0 aliphatic heterocycles. The van der Waals surface area contributed by atoms with Crippen LogP contribution in [0.1, 0.15) is 246 Å². The van der Waals surface area contributed by atoms with Crippen molar-refractivity contribution in [3.8, 4) is 0 Å². The number of hydrogen-bond donors (Lipinski definition) is 1. The minimum absolute atomic E-state index is 0.108. The Morgan fingerprint density at radius 3 is 0.960 bits per heavy atom. The molecule has 0 radical (unpaired) electrons. The van der Waals surface area contributed by atoms with Gasteiger partial charge in [-0.25, -0.2) is 0 Å². The van der Waals surface area contributed by atoms with Gasteiger partial charge in [0.15, 0.2) is 0 Å². The van der Waals surface area contributed by atoms with Crippen LogP contribution in [0.3, 0.4) is 0 Å². The highest BCUT2D eigenvalue weighted by atomic mass is 16.6. The molecule has 0 aromatic heterocycles. The molecule has 0 rings (SSSR count). The second-order valence-electron chi connectivity index (χ2n) is 16.3. The summed E-state index contributed by atoms with van der Waals surface area (Å²) in [6.45, 7) is 9.09. The van der Waals surface area contributed by atoms with Crippen LogP contribution in [-0.2, 0) is 19.1 Å². The van der Waals surface area contributed by atoms with Crippen LogP contribution in [0.5, 0.6) is 0 Å². The molecule has 0 fully saturated rings. The lowest BCUT2D eigenvalue weighted by Crippen LogP contribution is -2.25. The molecule has 5 nitrogen and oxygen atoms in total. The normalized spacial score (nSPS) is 12.8. The molecule has 298 valence electrons. The van der Waals surface area contributed by atoms with Gasteiger partial charge in [-0.2, -0.15) is 0 Å². The highest BCUT2D eigenvalue weighted by molar-refractivity contribution is 5.69. The molecule has 0 aromatic rings. The molecule has 1 N–H and O–H groups in total. The summed E-state index contributed by atoms with van der Waals surface area (Å²) in [7, 11) is 0. The lowest BCUT2D eigenvalue weighted by atomic mass is 9.99. The maximum Gasteiger partial charge on any atom is 0.305 e. The zero-order valence-corrected chi connectivity index (χ0v) is 34.3. The summed E-state index contributed by atoms with van der Waals surface area (Å²) in [6, 6.07) is 0. The summed E-state index contributed by atoms with van der Waals surface area (Å²) in [5, 5.41) is 10.0. The molecule has 0 aliphatic carbocycles. The third kappa shape index (κ3) is 39.7. The van der Waals surface area contributed by atoms with Crippen LogP contribution in [0.2, 0.25) is 0 Å². The Morgan fingerprint density at radius 2 is 0.680 bits per heavy atom. The first kappa shape index (κ1) is 48.9. The van der Waals surface area contributed by atoms with Gasteiger partial charge in [-0.05, 0) is 24.7 Å². The number of aliphatic hydroxyl groups excluding tert-OH is 1. The summed E-state index contributed by atoms with van der Waals surface area (Å²) in [5.41, 5.74) is 0. The predicted molar refractivity (Wildman–Crippen MR) is 215 cm³/mol. The average molecular weight is 709 g/mol. The number of ether oxygens (including phenoxy) is 2. The van der Waals surface area contributed by atoms with Gasteiger partial charge in [0.2, 0.25) is 0 Å². The Kier molecular flexibility index (Phi) is 38.3. The van der Waals surface area contributed by atoms with Gasteiger partial charge >= 0.3 is 11.9 Å². The van der Waals surface area contributed by atoms with Crippen LogP contribution >= 0.6 is 0 Å². The smallest absolute Gasteiger partial charge is 0.305 e. The largest absolute Gasteiger partial charge is 0.463 e. The van der Waals surface area contributed by atoms with Gasteiger partial charge in [0.25, 0.3) is 0 Å². The van der Waals surface area contributed by atoms with Crippen molar-refractivity contribution in [1.29, 1.82) is 0 Å². The van der Waals surface area contributed by atoms with E-state index in [2.05, 4.69) is 27.7 Å². The van der Waals surface area contributed by atoms with Gasteiger partial charge in [-0.1, -0.05) is 220 Å². The number of carbonyl (C=O) groups excluding carboxylic acids is 2. The van der Waals surface area contributed by atoms with E-state index >= 15 is 0 Å². The van der Waals surface area contributed by atoms with E-state index in [9.17, 15) is 14.7 Å². The summed E-state index contributed by atoms with van der Waals surface area (Å²) in [4.78, 5) is 24.0. The maximum atomic E-state index is 12.0. The molecule has 0 saturated heterocycles. The second kappa shape index (κ2) is 39.1. The molecule has 50 heavy (non-hydrogen) atoms. The van der Waals surface area contributed by atoms with E-state index in [0.717, 1.165) is 37.5 Å². The van der Waals surface area contributed by atoms with Gasteiger partial charge in [0.05, 0.1) is 0 Å². The number of unbranched alkanes of at least 4 members (excludes halogenated alkanes) is 27. The third-order valence-electron chi connectivity index (χ3n) is 10.6. The predicted octanol–water partition coefficient (Wildman–Crippen LogP) is 14.0. The summed E-state index contributed by atoms with van der Waals surface area (Å²) < 4.78 is 10.4. The number of rotatable bonds is 40. The zero-order valence-electron chi connectivity index (χ0n) is 34.3. The molecule has 0 bridgehead atoms. The van der Waals surface area contributed by atoms with Crippen molar-refractivity contribution in [1.82, 2.24) is 0 Å². The maximum absolute atomic E-state index is 12.0. The number of aliphatic hydroxyl groups is 1. The minimum Gasteiger partial charge on any atom is -0.463 e. The Bertz CT molecular complexity index is 708. The van der Waals surface area contributed by atoms with E-state index in [1.807, 2.05) is 0 Å². The molecule has 2 atom stereocenters. The topological polar surface area (TPSA) is 72.8 Å². The molecule has 0 spiro atoms. The van der Waals surface area contributed by atoms with Crippen molar-refractivity contribution >= 4 is 11.9 Å². The molecule has 0 aliphatic rings. The molecule has 0 saturated carbocycles. The van der Waals surface area contributed by atoms with E-state index in [4.69, 9.17) is 9.47 Å². The van der Waals surface area contributed by atoms with Crippen LogP contribution in [0.15, 0.2) is 0 Å². The van der Waals surface area contributed by atoms with Crippen molar-refractivity contribution in [3.63, 3.8) is 0 Å². The monoisotopic (exact) mass is 709 g/mol. The summed E-state index contributed by atoms with van der Waals surface area (Å²) in [5.74, 6) is 1.21. The second-order valence-corrected chi connectivity index (χ2v) is 16.3. The lowest BCUT2D eigenvalue weighted by Gasteiger charge is -2.12. The molecule has 0 aromatic carbocycles. The highest BCUT2D eigenvalue weighted by Crippen LogP contribution is 2.17. The van der Waals surface area contributed by atoms with Crippen LogP contribution in [0, 0.1) is 11.8 Å². The van der Waals surface area contributed by atoms with Crippen molar-refractivity contribution in [2.24, 2.45) is 11.8 Å². The van der Waals surface area contributed by atoms with Crippen molar-refractivity contribution in [3.05, 3.63) is 0 Å². The van der Waals surface area contributed by atoms with Gasteiger partial charge in [0, 0.05) is 12.8 Å². The SMILES string of the molecule is CCC(C)CCCCCCCCCCCCCCCCC(=O)OC[C@H](O)COC(=O)CCCCCCCCCCCCCCCCCC(C)C. The molecule has 5 heteroatoms. The Hall–Kier alpha value is -1.10. The van der Waals surface area contributed by atoms with E-state index in [1.165, 1.54) is 180 Å². The molecular formula is C45H88O5. The summed E-state index contributed by atoms with van der Waals surface area (Å²) >= 11 is 0. The van der Waals surface area contributed by atoms with Gasteiger partial charge < -0.3 is 14.6 Å². The Labute approximate surface area is 312 Å². The molecule has 1 unspecified atom stereocenters. The van der Waals surface area contributed by atoms with E-state index < -0.39 is 6.10 Å². The first-order valence-corrected chi connectivity index (χ1v) is 22.3. The Morgan fingerprint density at radius 1 is 0.420 bits per heavy atom. The van der Waals surface area contributed by atoms with Gasteiger partial charge in [-0.15, -0.1) is 0 Å². The van der Waals surface area contributed by atoms with E-state index in [-0.39, 0.29) is 25.2 Å². The standard InChI is InChI=1S/C45H88O5/c1-5-42(4)36-32-28-24-20-16-12-9-10-14-18-22-26-30-34-38-45(48)50-40-43(46)39-49-44(47)37-33-29-25-21-17-13-8-6-7-11-15-19-23-27-31-35-41(2)3/h41-43,46H,5-40H2,1-4H3/t42?,43-/m1/s1. The lowest BCUT2D eigenvalue weighted by molar-refractivity contribution is -0.152. The quantitative estimate of drug-likeness (QED) is 0.0507. The zero-order chi connectivity index (χ0) is 36.8. The summed E-state index contributed by atoms with van der Waals surface area (Å²) in [6.07, 6.45) is 41.6. The third-order valence-corrected chi connectivity index (χ3v) is 10.6. The van der Waals surface area contributed by atoms with E-state index in [1.54, 1.807) is 0 Å². The minimum atomic E-state index is -0.957. The molecular weight excluding hydrogens is 620 g/mol. The fourth-order valence-corrected chi connectivity index (χ4v) is 6.78. The Balaban J connectivity index is 3.37. The van der Waals surface area contributed by atoms with Gasteiger partial charge in [0.1, 0.15) is 19.3 Å². The van der Waals surface area contributed by atoms with Gasteiger partial charge in [-0.3, -0.25) is 9.59 Å². The fourth-order valence-electron chi connectivity index (χ4n) is 6.78. The average Bonchev–Trinajstić information content (AvgIpc) is 3.10. The number of esters is 2. The van der Waals surface area contributed by atoms with Crippen LogP contribution < -0.4 is 0 Å². The molecule has 0 amide bonds. The van der Waals surface area contributed by atoms with Crippen molar-refractivity contribution < 1.29 is 24.2 Å². The van der Waals surface area contributed by atoms with Crippen LogP contribution in [-0.4, -0.2) is 36.4 Å². The van der Waals surface area contributed by atoms with Crippen LogP contribution in [0.25, 0.3) is 0 Å². The fraction of sp³-hybridized carbons (Fsp3) is 0.956. The highest BCUT2D eigenvalue weighted by Gasteiger charge is 2.12. The van der Waals surface area contributed by atoms with E-state index in [0.29, 0.717) is 12.8 Å².